The molecule has 2 rings (SSSR count). The average molecular weight is 240 g/mol. The number of benzene rings is 2. The highest BCUT2D eigenvalue weighted by molar-refractivity contribution is 5.50. The molecular weight excluding hydrogens is 220 g/mol. The van der Waals surface area contributed by atoms with Gasteiger partial charge in [0.1, 0.15) is 0 Å². The first-order valence-corrected chi connectivity index (χ1v) is 6.27. The van der Waals surface area contributed by atoms with E-state index < -0.39 is 0 Å². The molecule has 0 aliphatic rings. The van der Waals surface area contributed by atoms with Crippen molar-refractivity contribution in [1.29, 1.82) is 0 Å². The van der Waals surface area contributed by atoms with Gasteiger partial charge in [-0.05, 0) is 54.8 Å². The maximum absolute atomic E-state index is 3.45. The summed E-state index contributed by atoms with van der Waals surface area (Å²) < 4.78 is 0. The predicted molar refractivity (Wildman–Crippen MR) is 79.2 cm³/mol. The number of rotatable bonds is 4. The van der Waals surface area contributed by atoms with Crippen molar-refractivity contribution < 1.29 is 0 Å². The monoisotopic (exact) mass is 240 g/mol. The molecule has 0 bridgehead atoms. The lowest BCUT2D eigenvalue weighted by Gasteiger charge is -2.10. The molecule has 2 heteroatoms. The minimum atomic E-state index is 0.845. The third-order valence-electron chi connectivity index (χ3n) is 3.22. The van der Waals surface area contributed by atoms with Crippen molar-refractivity contribution >= 4 is 11.4 Å². The van der Waals surface area contributed by atoms with Crippen LogP contribution in [0.3, 0.4) is 0 Å². The van der Waals surface area contributed by atoms with Crippen molar-refractivity contribution in [3.05, 3.63) is 59.2 Å². The van der Waals surface area contributed by atoms with Gasteiger partial charge in [0, 0.05) is 25.0 Å². The maximum Gasteiger partial charge on any atom is 0.0401 e. The SMILES string of the molecule is CNc1cccc(CNc2ccc(C)c(C)c2)c1. The molecule has 0 fully saturated rings. The first-order chi connectivity index (χ1) is 8.69. The molecule has 2 nitrogen and oxygen atoms in total. The van der Waals surface area contributed by atoms with Gasteiger partial charge in [-0.1, -0.05) is 18.2 Å². The zero-order valence-electron chi connectivity index (χ0n) is 11.2. The molecule has 0 aliphatic carbocycles. The van der Waals surface area contributed by atoms with E-state index in [2.05, 4.69) is 66.9 Å². The summed E-state index contributed by atoms with van der Waals surface area (Å²) in [6.45, 7) is 5.12. The van der Waals surface area contributed by atoms with Gasteiger partial charge in [-0.3, -0.25) is 0 Å². The highest BCUT2D eigenvalue weighted by Gasteiger charge is 1.97. The topological polar surface area (TPSA) is 24.1 Å². The third-order valence-corrected chi connectivity index (χ3v) is 3.22. The van der Waals surface area contributed by atoms with Crippen LogP contribution >= 0.6 is 0 Å². The summed E-state index contributed by atoms with van der Waals surface area (Å²) in [5, 5.41) is 6.61. The second kappa shape index (κ2) is 5.58. The van der Waals surface area contributed by atoms with E-state index in [1.807, 2.05) is 7.05 Å². The number of anilines is 2. The van der Waals surface area contributed by atoms with E-state index in [1.165, 1.54) is 22.4 Å². The van der Waals surface area contributed by atoms with Crippen LogP contribution in [0, 0.1) is 13.8 Å². The van der Waals surface area contributed by atoms with Crippen LogP contribution in [0.2, 0.25) is 0 Å². The highest BCUT2D eigenvalue weighted by atomic mass is 14.9. The van der Waals surface area contributed by atoms with Crippen LogP contribution in [-0.4, -0.2) is 7.05 Å². The molecule has 0 radical (unpaired) electrons. The molecule has 0 amide bonds. The molecular formula is C16H20N2. The fraction of sp³-hybridized carbons (Fsp3) is 0.250. The van der Waals surface area contributed by atoms with E-state index >= 15 is 0 Å². The van der Waals surface area contributed by atoms with Crippen LogP contribution in [0.25, 0.3) is 0 Å². The van der Waals surface area contributed by atoms with Crippen LogP contribution in [0.5, 0.6) is 0 Å². The molecule has 0 saturated heterocycles. The van der Waals surface area contributed by atoms with Crippen molar-refractivity contribution in [3.8, 4) is 0 Å². The Morgan fingerprint density at radius 2 is 1.72 bits per heavy atom. The van der Waals surface area contributed by atoms with E-state index in [-0.39, 0.29) is 0 Å². The lowest BCUT2D eigenvalue weighted by atomic mass is 10.1. The van der Waals surface area contributed by atoms with Crippen LogP contribution in [0.4, 0.5) is 11.4 Å². The Morgan fingerprint density at radius 1 is 0.889 bits per heavy atom. The Hall–Kier alpha value is -1.96. The summed E-state index contributed by atoms with van der Waals surface area (Å²) >= 11 is 0. The van der Waals surface area contributed by atoms with Gasteiger partial charge in [-0.25, -0.2) is 0 Å². The maximum atomic E-state index is 3.45. The number of hydrogen-bond donors (Lipinski definition) is 2. The molecule has 0 heterocycles. The highest BCUT2D eigenvalue weighted by Crippen LogP contribution is 2.16. The van der Waals surface area contributed by atoms with Gasteiger partial charge in [-0.2, -0.15) is 0 Å². The molecule has 0 aliphatic heterocycles. The largest absolute Gasteiger partial charge is 0.388 e. The number of nitrogens with one attached hydrogen (secondary N) is 2. The first-order valence-electron chi connectivity index (χ1n) is 6.27. The summed E-state index contributed by atoms with van der Waals surface area (Å²) in [6.07, 6.45) is 0. The summed E-state index contributed by atoms with van der Waals surface area (Å²) in [6, 6.07) is 14.9. The van der Waals surface area contributed by atoms with Crippen LogP contribution < -0.4 is 10.6 Å². The quantitative estimate of drug-likeness (QED) is 0.845. The Morgan fingerprint density at radius 3 is 2.44 bits per heavy atom. The molecule has 0 aromatic heterocycles. The van der Waals surface area contributed by atoms with Gasteiger partial charge in [0.2, 0.25) is 0 Å². The standard InChI is InChI=1S/C16H20N2/c1-12-7-8-16(9-13(12)2)18-11-14-5-4-6-15(10-14)17-3/h4-10,17-18H,11H2,1-3H3. The molecule has 18 heavy (non-hydrogen) atoms. The number of aryl methyl sites for hydroxylation is 2. The first kappa shape index (κ1) is 12.5. The summed E-state index contributed by atoms with van der Waals surface area (Å²) in [5.74, 6) is 0. The van der Waals surface area contributed by atoms with E-state index in [4.69, 9.17) is 0 Å². The summed E-state index contributed by atoms with van der Waals surface area (Å²) in [7, 11) is 1.94. The zero-order valence-corrected chi connectivity index (χ0v) is 11.2. The lowest BCUT2D eigenvalue weighted by molar-refractivity contribution is 1.14. The second-order valence-electron chi connectivity index (χ2n) is 4.60. The molecule has 0 atom stereocenters. The van der Waals surface area contributed by atoms with Crippen LogP contribution in [0.1, 0.15) is 16.7 Å². The van der Waals surface area contributed by atoms with E-state index in [0.29, 0.717) is 0 Å². The molecule has 94 valence electrons. The second-order valence-corrected chi connectivity index (χ2v) is 4.60. The van der Waals surface area contributed by atoms with Gasteiger partial charge in [0.05, 0.1) is 0 Å². The smallest absolute Gasteiger partial charge is 0.0401 e. The van der Waals surface area contributed by atoms with Crippen molar-refractivity contribution in [3.63, 3.8) is 0 Å². The Kier molecular flexibility index (Phi) is 3.88. The van der Waals surface area contributed by atoms with Crippen molar-refractivity contribution in [1.82, 2.24) is 0 Å². The van der Waals surface area contributed by atoms with Gasteiger partial charge >= 0.3 is 0 Å². The molecule has 0 spiro atoms. The Balaban J connectivity index is 2.04. The normalized spacial score (nSPS) is 10.2. The third kappa shape index (κ3) is 3.04. The fourth-order valence-electron chi connectivity index (χ4n) is 1.89. The lowest BCUT2D eigenvalue weighted by Crippen LogP contribution is -2.00. The molecule has 0 saturated carbocycles. The minimum absolute atomic E-state index is 0.845. The van der Waals surface area contributed by atoms with Crippen LogP contribution in [-0.2, 0) is 6.54 Å². The molecule has 2 N–H and O–H groups in total. The van der Waals surface area contributed by atoms with Crippen molar-refractivity contribution in [2.45, 2.75) is 20.4 Å². The Bertz CT molecular complexity index is 532. The van der Waals surface area contributed by atoms with E-state index in [0.717, 1.165) is 12.2 Å². The van der Waals surface area contributed by atoms with Gasteiger partial charge in [-0.15, -0.1) is 0 Å². The van der Waals surface area contributed by atoms with Crippen LogP contribution in [0.15, 0.2) is 42.5 Å². The van der Waals surface area contributed by atoms with Crippen molar-refractivity contribution in [2.24, 2.45) is 0 Å². The number of hydrogen-bond acceptors (Lipinski definition) is 2. The van der Waals surface area contributed by atoms with Crippen molar-refractivity contribution in [2.75, 3.05) is 17.7 Å². The van der Waals surface area contributed by atoms with E-state index in [9.17, 15) is 0 Å². The minimum Gasteiger partial charge on any atom is -0.388 e. The molecule has 2 aromatic carbocycles. The molecule has 2 aromatic rings. The fourth-order valence-corrected chi connectivity index (χ4v) is 1.89. The van der Waals surface area contributed by atoms with Gasteiger partial charge in [0.25, 0.3) is 0 Å². The van der Waals surface area contributed by atoms with E-state index in [1.54, 1.807) is 0 Å². The summed E-state index contributed by atoms with van der Waals surface area (Å²) in [5.41, 5.74) is 6.25. The van der Waals surface area contributed by atoms with Gasteiger partial charge < -0.3 is 10.6 Å². The summed E-state index contributed by atoms with van der Waals surface area (Å²) in [4.78, 5) is 0. The zero-order chi connectivity index (χ0) is 13.0. The molecule has 0 unspecified atom stereocenters. The predicted octanol–water partition coefficient (Wildman–Crippen LogP) is 3.96. The van der Waals surface area contributed by atoms with Gasteiger partial charge in [0.15, 0.2) is 0 Å². The Labute approximate surface area is 109 Å². The average Bonchev–Trinajstić information content (AvgIpc) is 2.40.